The van der Waals surface area contributed by atoms with Crippen molar-refractivity contribution in [2.24, 2.45) is 0 Å². The zero-order chi connectivity index (χ0) is 24.9. The number of nitrogens with one attached hydrogen (secondary N) is 1. The molecular weight excluding hydrogens is 450 g/mol. The number of benzene rings is 1. The summed E-state index contributed by atoms with van der Waals surface area (Å²) in [4.78, 5) is 29.3. The number of rotatable bonds is 8. The maximum absolute atomic E-state index is 12.8. The fourth-order valence-corrected chi connectivity index (χ4v) is 4.76. The van der Waals surface area contributed by atoms with Crippen LogP contribution >= 0.6 is 0 Å². The molecule has 4 aromatic rings. The van der Waals surface area contributed by atoms with E-state index >= 15 is 0 Å². The van der Waals surface area contributed by atoms with Crippen LogP contribution in [0.2, 0.25) is 0 Å². The van der Waals surface area contributed by atoms with Crippen molar-refractivity contribution in [2.45, 2.75) is 18.9 Å². The molecule has 0 aliphatic carbocycles. The monoisotopic (exact) mass is 481 g/mol. The van der Waals surface area contributed by atoms with E-state index in [4.69, 9.17) is 4.74 Å². The third-order valence-corrected chi connectivity index (χ3v) is 6.49. The number of likely N-dealkylation sites (N-methyl/N-ethyl adjacent to an activating group) is 1. The van der Waals surface area contributed by atoms with Crippen LogP contribution in [0.4, 0.5) is 0 Å². The van der Waals surface area contributed by atoms with Gasteiger partial charge in [-0.2, -0.15) is 0 Å². The number of hydrogen-bond acceptors (Lipinski definition) is 5. The van der Waals surface area contributed by atoms with Gasteiger partial charge in [-0.15, -0.1) is 0 Å². The summed E-state index contributed by atoms with van der Waals surface area (Å²) < 4.78 is 6.36. The number of aromatic nitrogens is 3. The zero-order valence-corrected chi connectivity index (χ0v) is 20.7. The Morgan fingerprint density at radius 1 is 1.17 bits per heavy atom. The quantitative estimate of drug-likeness (QED) is 0.367. The topological polar surface area (TPSA) is 74.3 Å². The summed E-state index contributed by atoms with van der Waals surface area (Å²) in [6.07, 6.45) is 10.8. The Hall–Kier alpha value is -3.97. The van der Waals surface area contributed by atoms with Crippen molar-refractivity contribution in [3.05, 3.63) is 79.3 Å². The Bertz CT molecular complexity index is 1360. The smallest absolute Gasteiger partial charge is 0.246 e. The molecule has 1 N–H and O–H groups in total. The van der Waals surface area contributed by atoms with Crippen molar-refractivity contribution in [1.82, 2.24) is 24.8 Å². The minimum Gasteiger partial charge on any atom is -0.489 e. The number of H-pyrrole nitrogens is 1. The highest BCUT2D eigenvalue weighted by Gasteiger charge is 2.28. The molecule has 0 spiro atoms. The van der Waals surface area contributed by atoms with E-state index in [-0.39, 0.29) is 11.9 Å². The number of amides is 1. The average molecular weight is 482 g/mol. The Kier molecular flexibility index (Phi) is 7.09. The normalized spacial score (nSPS) is 15.9. The first-order chi connectivity index (χ1) is 17.6. The van der Waals surface area contributed by atoms with Crippen LogP contribution in [0.1, 0.15) is 12.8 Å². The van der Waals surface area contributed by atoms with Crippen molar-refractivity contribution >= 4 is 16.9 Å². The highest BCUT2D eigenvalue weighted by molar-refractivity contribution is 6.02. The summed E-state index contributed by atoms with van der Waals surface area (Å²) >= 11 is 0. The molecular formula is C29H31N5O2. The molecule has 184 valence electrons. The van der Waals surface area contributed by atoms with E-state index in [1.54, 1.807) is 18.5 Å². The second-order valence-electron chi connectivity index (χ2n) is 9.32. The first-order valence-electron chi connectivity index (χ1n) is 12.3. The number of ether oxygens (including phenoxy) is 1. The van der Waals surface area contributed by atoms with Crippen LogP contribution in [-0.2, 0) is 4.79 Å². The molecule has 7 heteroatoms. The molecule has 1 aromatic carbocycles. The fraction of sp³-hybridized carbons (Fsp3) is 0.276. The molecule has 0 unspecified atom stereocenters. The van der Waals surface area contributed by atoms with Crippen LogP contribution in [0.3, 0.4) is 0 Å². The van der Waals surface area contributed by atoms with Crippen LogP contribution in [0.25, 0.3) is 33.4 Å². The molecule has 0 radical (unpaired) electrons. The summed E-state index contributed by atoms with van der Waals surface area (Å²) in [6, 6.07) is 16.2. The van der Waals surface area contributed by atoms with Crippen LogP contribution in [0, 0.1) is 0 Å². The molecule has 0 saturated carbocycles. The van der Waals surface area contributed by atoms with Gasteiger partial charge in [0.1, 0.15) is 12.4 Å². The van der Waals surface area contributed by atoms with Gasteiger partial charge in [-0.1, -0.05) is 36.4 Å². The molecule has 1 aliphatic heterocycles. The maximum atomic E-state index is 12.8. The lowest BCUT2D eigenvalue weighted by Crippen LogP contribution is -2.38. The number of carbonyl (C=O) groups excluding carboxylic acids is 1. The summed E-state index contributed by atoms with van der Waals surface area (Å²) in [5, 5.41) is 0. The predicted octanol–water partition coefficient (Wildman–Crippen LogP) is 4.78. The summed E-state index contributed by atoms with van der Waals surface area (Å²) in [5.74, 6) is 0.728. The highest BCUT2D eigenvalue weighted by Crippen LogP contribution is 2.40. The Balaban J connectivity index is 1.42. The minimum atomic E-state index is 0.0348. The van der Waals surface area contributed by atoms with E-state index < -0.39 is 0 Å². The molecule has 1 saturated heterocycles. The van der Waals surface area contributed by atoms with Gasteiger partial charge >= 0.3 is 0 Å². The number of aromatic amines is 1. The number of carbonyl (C=O) groups is 1. The van der Waals surface area contributed by atoms with Crippen molar-refractivity contribution in [2.75, 3.05) is 33.8 Å². The van der Waals surface area contributed by atoms with Gasteiger partial charge in [0.2, 0.25) is 5.91 Å². The first kappa shape index (κ1) is 23.8. The van der Waals surface area contributed by atoms with Crippen molar-refractivity contribution in [3.8, 4) is 28.1 Å². The van der Waals surface area contributed by atoms with Gasteiger partial charge in [0.25, 0.3) is 0 Å². The van der Waals surface area contributed by atoms with Crippen LogP contribution in [0.15, 0.2) is 79.3 Å². The minimum absolute atomic E-state index is 0.0348. The van der Waals surface area contributed by atoms with Crippen LogP contribution < -0.4 is 4.74 Å². The molecule has 1 atom stereocenters. The second-order valence-corrected chi connectivity index (χ2v) is 9.32. The van der Waals surface area contributed by atoms with Crippen molar-refractivity contribution in [3.63, 3.8) is 0 Å². The molecule has 5 rings (SSSR count). The molecule has 1 aliphatic rings. The molecule has 3 aromatic heterocycles. The second kappa shape index (κ2) is 10.7. The van der Waals surface area contributed by atoms with Gasteiger partial charge in [-0.05, 0) is 50.7 Å². The predicted molar refractivity (Wildman–Crippen MR) is 143 cm³/mol. The zero-order valence-electron chi connectivity index (χ0n) is 20.7. The molecule has 1 fully saturated rings. The Morgan fingerprint density at radius 3 is 2.86 bits per heavy atom. The fourth-order valence-electron chi connectivity index (χ4n) is 4.76. The summed E-state index contributed by atoms with van der Waals surface area (Å²) in [6.45, 7) is 1.92. The lowest BCUT2D eigenvalue weighted by atomic mass is 10.0. The summed E-state index contributed by atoms with van der Waals surface area (Å²) in [7, 11) is 3.97. The van der Waals surface area contributed by atoms with Gasteiger partial charge in [-0.3, -0.25) is 14.8 Å². The largest absolute Gasteiger partial charge is 0.489 e. The van der Waals surface area contributed by atoms with E-state index in [1.807, 2.05) is 72.6 Å². The van der Waals surface area contributed by atoms with Gasteiger partial charge in [0.15, 0.2) is 0 Å². The maximum Gasteiger partial charge on any atom is 0.246 e. The third kappa shape index (κ3) is 5.02. The van der Waals surface area contributed by atoms with Crippen molar-refractivity contribution < 1.29 is 9.53 Å². The first-order valence-corrected chi connectivity index (χ1v) is 12.3. The molecule has 1 amide bonds. The summed E-state index contributed by atoms with van der Waals surface area (Å²) in [5.41, 5.74) is 5.86. The van der Waals surface area contributed by atoms with E-state index in [9.17, 15) is 4.79 Å². The van der Waals surface area contributed by atoms with Crippen LogP contribution in [-0.4, -0.2) is 70.5 Å². The molecule has 7 nitrogen and oxygen atoms in total. The van der Waals surface area contributed by atoms with E-state index in [1.165, 1.54) is 0 Å². The lowest BCUT2D eigenvalue weighted by molar-refractivity contribution is -0.127. The van der Waals surface area contributed by atoms with E-state index in [2.05, 4.69) is 27.1 Å². The Morgan fingerprint density at radius 2 is 2.03 bits per heavy atom. The number of nitrogens with zero attached hydrogens (tertiary/aromatic N) is 4. The van der Waals surface area contributed by atoms with E-state index in [0.717, 1.165) is 59.3 Å². The standard InChI is InChI=1S/C29H31N5O2/c1-33(2)17-8-13-26(35)34-18-7-11-22(34)20-36-25-19-30-16-14-23(25)28-27(21-9-4-3-5-10-21)29-24(32-28)12-6-15-31-29/h3-6,8-10,12-16,19,22,32H,7,11,17-18,20H2,1-2H3/b13-8+/t22-/m0/s1. The number of fused-ring (bicyclic) bond motifs is 1. The van der Waals surface area contributed by atoms with Gasteiger partial charge in [-0.25, -0.2) is 0 Å². The molecule has 0 bridgehead atoms. The number of likely N-dealkylation sites (tertiary alicyclic amines) is 1. The molecule has 36 heavy (non-hydrogen) atoms. The van der Waals surface area contributed by atoms with E-state index in [0.29, 0.717) is 12.4 Å². The van der Waals surface area contributed by atoms with Gasteiger partial charge in [0.05, 0.1) is 29.0 Å². The number of pyridine rings is 2. The lowest BCUT2D eigenvalue weighted by Gasteiger charge is -2.24. The van der Waals surface area contributed by atoms with Crippen molar-refractivity contribution in [1.29, 1.82) is 0 Å². The van der Waals surface area contributed by atoms with Crippen LogP contribution in [0.5, 0.6) is 5.75 Å². The van der Waals surface area contributed by atoms with Gasteiger partial charge < -0.3 is 19.5 Å². The Labute approximate surface area is 211 Å². The third-order valence-electron chi connectivity index (χ3n) is 6.49. The highest BCUT2D eigenvalue weighted by atomic mass is 16.5. The van der Waals surface area contributed by atoms with Gasteiger partial charge in [0, 0.05) is 42.7 Å². The molecule has 4 heterocycles. The SMILES string of the molecule is CN(C)C/C=C/C(=O)N1CCC[C@H]1COc1cnccc1-c1[nH]c2cccnc2c1-c1ccccc1. The number of hydrogen-bond donors (Lipinski definition) is 1. The average Bonchev–Trinajstić information content (AvgIpc) is 3.53.